The summed E-state index contributed by atoms with van der Waals surface area (Å²) in [5, 5.41) is 22.9. The van der Waals surface area contributed by atoms with Crippen LogP contribution in [0.3, 0.4) is 0 Å². The molecular weight excluding hydrogens is 317 g/mol. The van der Waals surface area contributed by atoms with Crippen LogP contribution < -0.4 is 40.0 Å². The molecule has 22 heavy (non-hydrogen) atoms. The summed E-state index contributed by atoms with van der Waals surface area (Å²) in [6.45, 7) is 1.74. The van der Waals surface area contributed by atoms with Gasteiger partial charge in [-0.05, 0) is 18.8 Å². The predicted molar refractivity (Wildman–Crippen MR) is 77.4 cm³/mol. The van der Waals surface area contributed by atoms with Gasteiger partial charge in [-0.2, -0.15) is 11.8 Å². The standard InChI is InChI=1S/C14H19NO5S.Na/c1-4-9-5-10(6-12(16)8(9)2)20-14(19)15-11(7-21-3)13(17)18;/h1,10-12,16H,5-7H2,2-3H3,(H,15,19)(H,17,18);/q;+1/p-1/t10-,11+,12+;/m1./s1. The molecular formula is C14H18NNaO5S. The monoisotopic (exact) mass is 335 g/mol. The molecule has 1 aliphatic rings. The van der Waals surface area contributed by atoms with E-state index in [1.807, 2.05) is 0 Å². The number of carbonyl (C=O) groups is 2. The minimum absolute atomic E-state index is 0. The Hall–Kier alpha value is -0.650. The molecule has 0 aromatic heterocycles. The molecule has 1 rings (SSSR count). The number of carbonyl (C=O) groups excluding carboxylic acids is 2. The van der Waals surface area contributed by atoms with E-state index >= 15 is 0 Å². The van der Waals surface area contributed by atoms with Gasteiger partial charge in [0.2, 0.25) is 0 Å². The van der Waals surface area contributed by atoms with Gasteiger partial charge < -0.3 is 25.1 Å². The van der Waals surface area contributed by atoms with Crippen molar-refractivity contribution in [3.63, 3.8) is 0 Å². The summed E-state index contributed by atoms with van der Waals surface area (Å²) >= 11 is 1.27. The minimum atomic E-state index is -1.37. The molecule has 116 valence electrons. The van der Waals surface area contributed by atoms with E-state index in [1.54, 1.807) is 13.2 Å². The maximum atomic E-state index is 11.7. The van der Waals surface area contributed by atoms with Gasteiger partial charge in [0.25, 0.3) is 0 Å². The molecule has 1 amide bonds. The molecule has 3 atom stereocenters. The van der Waals surface area contributed by atoms with Crippen LogP contribution in [0, 0.1) is 12.3 Å². The molecule has 1 aliphatic carbocycles. The second kappa shape index (κ2) is 10.2. The Morgan fingerprint density at radius 3 is 2.77 bits per heavy atom. The molecule has 0 heterocycles. The van der Waals surface area contributed by atoms with Gasteiger partial charge in [0.1, 0.15) is 6.10 Å². The number of aliphatic carboxylic acids is 1. The van der Waals surface area contributed by atoms with Crippen molar-refractivity contribution in [2.45, 2.75) is 38.0 Å². The number of aliphatic hydroxyl groups is 1. The van der Waals surface area contributed by atoms with Crippen molar-refractivity contribution >= 4 is 23.8 Å². The topological polar surface area (TPSA) is 98.7 Å². The number of amides is 1. The van der Waals surface area contributed by atoms with Crippen LogP contribution in [0.25, 0.3) is 0 Å². The molecule has 0 bridgehead atoms. The molecule has 0 saturated heterocycles. The Morgan fingerprint density at radius 2 is 2.27 bits per heavy atom. The van der Waals surface area contributed by atoms with E-state index < -0.39 is 30.3 Å². The van der Waals surface area contributed by atoms with Gasteiger partial charge in [-0.3, -0.25) is 0 Å². The summed E-state index contributed by atoms with van der Waals surface area (Å²) in [4.78, 5) is 22.5. The summed E-state index contributed by atoms with van der Waals surface area (Å²) in [5.41, 5.74) is 1.31. The van der Waals surface area contributed by atoms with Crippen LogP contribution in [0.1, 0.15) is 19.8 Å². The number of thioether (sulfide) groups is 1. The fraction of sp³-hybridized carbons (Fsp3) is 0.571. The third-order valence-corrected chi connectivity index (χ3v) is 3.92. The van der Waals surface area contributed by atoms with Crippen molar-refractivity contribution in [1.29, 1.82) is 0 Å². The summed E-state index contributed by atoms with van der Waals surface area (Å²) in [5.74, 6) is 1.28. The number of hydrogen-bond donors (Lipinski definition) is 2. The van der Waals surface area contributed by atoms with Crippen LogP contribution in [-0.4, -0.2) is 47.4 Å². The SMILES string of the molecule is C#CC1=C(C)[C@@H](O)C[C@H](OC(=O)N[C@@H](CSC)C(=O)[O-])C1.[Na+]. The van der Waals surface area contributed by atoms with Crippen LogP contribution in [0.15, 0.2) is 11.1 Å². The van der Waals surface area contributed by atoms with Gasteiger partial charge >= 0.3 is 35.7 Å². The van der Waals surface area contributed by atoms with Gasteiger partial charge in [0.15, 0.2) is 0 Å². The Labute approximate surface area is 156 Å². The van der Waals surface area contributed by atoms with Crippen molar-refractivity contribution in [3.05, 3.63) is 11.1 Å². The number of carboxylic acids is 1. The van der Waals surface area contributed by atoms with Crippen LogP contribution in [0.4, 0.5) is 4.79 Å². The second-order valence-electron chi connectivity index (χ2n) is 4.76. The van der Waals surface area contributed by atoms with Crippen molar-refractivity contribution in [3.8, 4) is 12.3 Å². The number of hydrogen-bond acceptors (Lipinski definition) is 6. The molecule has 2 N–H and O–H groups in total. The van der Waals surface area contributed by atoms with E-state index in [2.05, 4.69) is 11.2 Å². The van der Waals surface area contributed by atoms with Crippen LogP contribution in [0.2, 0.25) is 0 Å². The van der Waals surface area contributed by atoms with Crippen LogP contribution >= 0.6 is 11.8 Å². The number of alkyl carbamates (subject to hydrolysis) is 1. The summed E-state index contributed by atoms with van der Waals surface area (Å²) in [7, 11) is 0. The van der Waals surface area contributed by atoms with Crippen LogP contribution in [0.5, 0.6) is 0 Å². The molecule has 0 aromatic carbocycles. The van der Waals surface area contributed by atoms with E-state index in [4.69, 9.17) is 11.2 Å². The molecule has 0 saturated carbocycles. The average Bonchev–Trinajstić information content (AvgIpc) is 2.41. The zero-order chi connectivity index (χ0) is 16.0. The first-order valence-electron chi connectivity index (χ1n) is 6.40. The third-order valence-electron chi connectivity index (χ3n) is 3.25. The fourth-order valence-corrected chi connectivity index (χ4v) is 2.58. The Balaban J connectivity index is 0.00000441. The summed E-state index contributed by atoms with van der Waals surface area (Å²) in [6.07, 6.45) is 5.45. The van der Waals surface area contributed by atoms with Crippen molar-refractivity contribution < 1.29 is 54.1 Å². The number of carboxylic acid groups (broad SMARTS) is 1. The molecule has 0 aromatic rings. The first kappa shape index (κ1) is 21.4. The maximum absolute atomic E-state index is 11.7. The number of rotatable bonds is 5. The largest absolute Gasteiger partial charge is 1.00 e. The van der Waals surface area contributed by atoms with Crippen LogP contribution in [-0.2, 0) is 9.53 Å². The number of aliphatic hydroxyl groups excluding tert-OH is 1. The van der Waals surface area contributed by atoms with Gasteiger partial charge in [-0.25, -0.2) is 4.79 Å². The Kier molecular flexibility index (Phi) is 9.89. The normalized spacial score (nSPS) is 22.1. The molecule has 0 aliphatic heterocycles. The van der Waals surface area contributed by atoms with Crippen molar-refractivity contribution in [2.75, 3.05) is 12.0 Å². The average molecular weight is 335 g/mol. The fourth-order valence-electron chi connectivity index (χ4n) is 2.02. The first-order chi connectivity index (χ1) is 9.88. The second-order valence-corrected chi connectivity index (χ2v) is 5.67. The van der Waals surface area contributed by atoms with Gasteiger partial charge in [-0.1, -0.05) is 5.92 Å². The van der Waals surface area contributed by atoms with E-state index in [0.29, 0.717) is 17.6 Å². The molecule has 0 radical (unpaired) electrons. The summed E-state index contributed by atoms with van der Waals surface area (Å²) in [6, 6.07) is -1.12. The van der Waals surface area contributed by atoms with E-state index in [0.717, 1.165) is 0 Å². The third kappa shape index (κ3) is 6.23. The minimum Gasteiger partial charge on any atom is -0.548 e. The van der Waals surface area contributed by atoms with E-state index in [1.165, 1.54) is 11.8 Å². The Morgan fingerprint density at radius 1 is 1.64 bits per heavy atom. The Bertz CT molecular complexity index is 488. The number of nitrogens with one attached hydrogen (secondary N) is 1. The van der Waals surface area contributed by atoms with E-state index in [9.17, 15) is 19.8 Å². The smallest absolute Gasteiger partial charge is 0.548 e. The van der Waals surface area contributed by atoms with Gasteiger partial charge in [-0.15, -0.1) is 6.42 Å². The molecule has 6 nitrogen and oxygen atoms in total. The first-order valence-corrected chi connectivity index (χ1v) is 7.79. The van der Waals surface area contributed by atoms with E-state index in [-0.39, 0.29) is 41.7 Å². The van der Waals surface area contributed by atoms with Gasteiger partial charge in [0, 0.05) is 24.2 Å². The zero-order valence-electron chi connectivity index (χ0n) is 12.9. The van der Waals surface area contributed by atoms with Gasteiger partial charge in [0.05, 0.1) is 18.1 Å². The molecule has 8 heteroatoms. The number of ether oxygens (including phenoxy) is 1. The quantitative estimate of drug-likeness (QED) is 0.403. The van der Waals surface area contributed by atoms with Crippen molar-refractivity contribution in [1.82, 2.24) is 5.32 Å². The van der Waals surface area contributed by atoms with Crippen molar-refractivity contribution in [2.24, 2.45) is 0 Å². The maximum Gasteiger partial charge on any atom is 1.00 e. The zero-order valence-corrected chi connectivity index (χ0v) is 15.7. The molecule has 0 spiro atoms. The number of terminal acetylenes is 1. The summed E-state index contributed by atoms with van der Waals surface area (Å²) < 4.78 is 5.13. The molecule has 0 unspecified atom stereocenters. The predicted octanol–water partition coefficient (Wildman–Crippen LogP) is -3.33. The molecule has 0 fully saturated rings.